The van der Waals surface area contributed by atoms with E-state index in [1.54, 1.807) is 24.4 Å². The van der Waals surface area contributed by atoms with Crippen molar-refractivity contribution in [3.8, 4) is 0 Å². The third-order valence-electron chi connectivity index (χ3n) is 3.16. The van der Waals surface area contributed by atoms with Crippen LogP contribution < -0.4 is 0 Å². The topological polar surface area (TPSA) is 33.1 Å². The fraction of sp³-hybridized carbons (Fsp3) is 0.0625. The van der Waals surface area contributed by atoms with E-state index in [1.165, 1.54) is 0 Å². The number of aliphatic hydroxyl groups is 1. The van der Waals surface area contributed by atoms with Crippen LogP contribution in [0.5, 0.6) is 0 Å². The van der Waals surface area contributed by atoms with Crippen molar-refractivity contribution in [2.24, 2.45) is 0 Å². The molecule has 1 unspecified atom stereocenters. The summed E-state index contributed by atoms with van der Waals surface area (Å²) in [7, 11) is 0. The largest absolute Gasteiger partial charge is 0.384 e. The van der Waals surface area contributed by atoms with Crippen molar-refractivity contribution in [3.63, 3.8) is 0 Å². The molecule has 0 aliphatic carbocycles. The van der Waals surface area contributed by atoms with Crippen LogP contribution >= 0.6 is 23.2 Å². The molecule has 3 aromatic rings. The molecule has 1 aromatic heterocycles. The summed E-state index contributed by atoms with van der Waals surface area (Å²) in [6, 6.07) is 14.6. The maximum Gasteiger partial charge on any atom is 0.106 e. The SMILES string of the molecule is OC(c1cccc(Cl)c1)c1cnc2c(Cl)cccc2c1. The van der Waals surface area contributed by atoms with Crippen molar-refractivity contribution in [2.45, 2.75) is 6.10 Å². The van der Waals surface area contributed by atoms with Gasteiger partial charge in [0, 0.05) is 22.2 Å². The van der Waals surface area contributed by atoms with E-state index >= 15 is 0 Å². The molecule has 0 amide bonds. The van der Waals surface area contributed by atoms with Gasteiger partial charge in [0.15, 0.2) is 0 Å². The molecular formula is C16H11Cl2NO. The van der Waals surface area contributed by atoms with Gasteiger partial charge in [-0.15, -0.1) is 0 Å². The summed E-state index contributed by atoms with van der Waals surface area (Å²) in [6.45, 7) is 0. The van der Waals surface area contributed by atoms with Gasteiger partial charge in [0.05, 0.1) is 10.5 Å². The van der Waals surface area contributed by atoms with Crippen molar-refractivity contribution < 1.29 is 5.11 Å². The maximum atomic E-state index is 10.4. The quantitative estimate of drug-likeness (QED) is 0.749. The van der Waals surface area contributed by atoms with Crippen LogP contribution in [0.3, 0.4) is 0 Å². The van der Waals surface area contributed by atoms with Gasteiger partial charge in [0.25, 0.3) is 0 Å². The Bertz CT molecular complexity index is 773. The summed E-state index contributed by atoms with van der Waals surface area (Å²) in [6.07, 6.45) is 0.879. The van der Waals surface area contributed by atoms with E-state index in [-0.39, 0.29) is 0 Å². The van der Waals surface area contributed by atoms with Gasteiger partial charge in [-0.2, -0.15) is 0 Å². The zero-order valence-corrected chi connectivity index (χ0v) is 11.9. The molecule has 20 heavy (non-hydrogen) atoms. The van der Waals surface area contributed by atoms with E-state index < -0.39 is 6.10 Å². The highest BCUT2D eigenvalue weighted by molar-refractivity contribution is 6.35. The Morgan fingerprint density at radius 1 is 0.950 bits per heavy atom. The van der Waals surface area contributed by atoms with Crippen LogP contribution in [0.15, 0.2) is 54.7 Å². The van der Waals surface area contributed by atoms with Gasteiger partial charge < -0.3 is 5.11 Å². The highest BCUT2D eigenvalue weighted by Crippen LogP contribution is 2.28. The predicted molar refractivity (Wildman–Crippen MR) is 82.3 cm³/mol. The number of aliphatic hydroxyl groups excluding tert-OH is 1. The fourth-order valence-corrected chi connectivity index (χ4v) is 2.59. The lowest BCUT2D eigenvalue weighted by molar-refractivity contribution is 0.220. The Kier molecular flexibility index (Phi) is 3.62. The molecule has 0 radical (unpaired) electrons. The zero-order chi connectivity index (χ0) is 14.1. The van der Waals surface area contributed by atoms with Gasteiger partial charge in [-0.1, -0.05) is 47.5 Å². The van der Waals surface area contributed by atoms with Crippen molar-refractivity contribution in [1.29, 1.82) is 0 Å². The smallest absolute Gasteiger partial charge is 0.106 e. The first-order valence-corrected chi connectivity index (χ1v) is 6.88. The number of para-hydroxylation sites is 1. The lowest BCUT2D eigenvalue weighted by atomic mass is 10.0. The molecule has 0 aliphatic heterocycles. The molecule has 0 bridgehead atoms. The van der Waals surface area contributed by atoms with E-state index in [0.717, 1.165) is 16.5 Å². The summed E-state index contributed by atoms with van der Waals surface area (Å²) in [5.41, 5.74) is 2.18. The highest BCUT2D eigenvalue weighted by Gasteiger charge is 2.12. The van der Waals surface area contributed by atoms with Crippen molar-refractivity contribution in [2.75, 3.05) is 0 Å². The summed E-state index contributed by atoms with van der Waals surface area (Å²) in [5, 5.41) is 12.5. The Labute approximate surface area is 126 Å². The number of pyridine rings is 1. The lowest BCUT2D eigenvalue weighted by Gasteiger charge is -2.12. The molecule has 1 N–H and O–H groups in total. The third kappa shape index (κ3) is 2.50. The van der Waals surface area contributed by atoms with Gasteiger partial charge in [0.2, 0.25) is 0 Å². The summed E-state index contributed by atoms with van der Waals surface area (Å²) >= 11 is 12.0. The Morgan fingerprint density at radius 2 is 1.75 bits per heavy atom. The van der Waals surface area contributed by atoms with Crippen LogP contribution in [0.1, 0.15) is 17.2 Å². The first kappa shape index (κ1) is 13.4. The van der Waals surface area contributed by atoms with E-state index in [4.69, 9.17) is 23.2 Å². The van der Waals surface area contributed by atoms with E-state index in [2.05, 4.69) is 4.98 Å². The Morgan fingerprint density at radius 3 is 2.55 bits per heavy atom. The van der Waals surface area contributed by atoms with Gasteiger partial charge in [0.1, 0.15) is 6.10 Å². The third-order valence-corrected chi connectivity index (χ3v) is 3.70. The maximum absolute atomic E-state index is 10.4. The Balaban J connectivity index is 2.06. The lowest BCUT2D eigenvalue weighted by Crippen LogP contribution is -2.00. The molecule has 0 fully saturated rings. The summed E-state index contributed by atoms with van der Waals surface area (Å²) in [4.78, 5) is 4.32. The first-order chi connectivity index (χ1) is 9.65. The number of halogens is 2. The van der Waals surface area contributed by atoms with Gasteiger partial charge >= 0.3 is 0 Å². The van der Waals surface area contributed by atoms with Crippen LogP contribution in [0, 0.1) is 0 Å². The number of benzene rings is 2. The monoisotopic (exact) mass is 303 g/mol. The second kappa shape index (κ2) is 5.41. The predicted octanol–water partition coefficient (Wildman–Crippen LogP) is 4.62. The van der Waals surface area contributed by atoms with Crippen molar-refractivity contribution in [3.05, 3.63) is 75.9 Å². The second-order valence-corrected chi connectivity index (χ2v) is 5.38. The van der Waals surface area contributed by atoms with Crippen LogP contribution in [0.4, 0.5) is 0 Å². The standard InChI is InChI=1S/C16H11Cl2NO/c17-13-5-1-4-11(8-13)16(20)12-7-10-3-2-6-14(18)15(10)19-9-12/h1-9,16,20H. The molecule has 0 aliphatic rings. The van der Waals surface area contributed by atoms with Gasteiger partial charge in [-0.05, 0) is 29.8 Å². The molecule has 2 aromatic carbocycles. The molecule has 1 atom stereocenters. The fourth-order valence-electron chi connectivity index (χ4n) is 2.16. The normalized spacial score (nSPS) is 12.6. The molecule has 0 saturated carbocycles. The number of nitrogens with zero attached hydrogens (tertiary/aromatic N) is 1. The molecule has 100 valence electrons. The number of fused-ring (bicyclic) bond motifs is 1. The number of hydrogen-bond acceptors (Lipinski definition) is 2. The number of hydrogen-bond donors (Lipinski definition) is 1. The number of rotatable bonds is 2. The van der Waals surface area contributed by atoms with Crippen LogP contribution in [-0.2, 0) is 0 Å². The summed E-state index contributed by atoms with van der Waals surface area (Å²) in [5.74, 6) is 0. The van der Waals surface area contributed by atoms with E-state index in [9.17, 15) is 5.11 Å². The Hall–Kier alpha value is -1.61. The average Bonchev–Trinajstić information content (AvgIpc) is 2.46. The minimum Gasteiger partial charge on any atom is -0.384 e. The van der Waals surface area contributed by atoms with Crippen molar-refractivity contribution >= 4 is 34.1 Å². The van der Waals surface area contributed by atoms with Crippen molar-refractivity contribution in [1.82, 2.24) is 4.98 Å². The molecule has 4 heteroatoms. The van der Waals surface area contributed by atoms with Crippen LogP contribution in [0.2, 0.25) is 10.0 Å². The van der Waals surface area contributed by atoms with Gasteiger partial charge in [-0.3, -0.25) is 4.98 Å². The highest BCUT2D eigenvalue weighted by atomic mass is 35.5. The first-order valence-electron chi connectivity index (χ1n) is 6.13. The van der Waals surface area contributed by atoms with Gasteiger partial charge in [-0.25, -0.2) is 0 Å². The van der Waals surface area contributed by atoms with Crippen LogP contribution in [0.25, 0.3) is 10.9 Å². The second-order valence-electron chi connectivity index (χ2n) is 4.54. The van der Waals surface area contributed by atoms with Crippen LogP contribution in [-0.4, -0.2) is 10.1 Å². The minimum atomic E-state index is -0.760. The average molecular weight is 304 g/mol. The molecule has 1 heterocycles. The molecule has 2 nitrogen and oxygen atoms in total. The summed E-state index contributed by atoms with van der Waals surface area (Å²) < 4.78 is 0. The number of aromatic nitrogens is 1. The molecule has 0 saturated heterocycles. The minimum absolute atomic E-state index is 0.596. The van der Waals surface area contributed by atoms with E-state index in [1.807, 2.05) is 30.3 Å². The molecule has 0 spiro atoms. The molecule has 3 rings (SSSR count). The zero-order valence-electron chi connectivity index (χ0n) is 10.4. The molecular weight excluding hydrogens is 293 g/mol. The van der Waals surface area contributed by atoms with E-state index in [0.29, 0.717) is 15.6 Å².